The van der Waals surface area contributed by atoms with E-state index in [2.05, 4.69) is 45.2 Å². The summed E-state index contributed by atoms with van der Waals surface area (Å²) in [5.41, 5.74) is 1.95. The molecule has 2 amide bonds. The zero-order valence-corrected chi connectivity index (χ0v) is 26.8. The van der Waals surface area contributed by atoms with Gasteiger partial charge in [0.2, 0.25) is 5.91 Å². The summed E-state index contributed by atoms with van der Waals surface area (Å²) in [4.78, 5) is 38.1. The number of nitrogens with zero attached hydrogens (tertiary/aromatic N) is 4. The van der Waals surface area contributed by atoms with Crippen molar-refractivity contribution in [3.05, 3.63) is 71.1 Å². The number of benzene rings is 2. The molecule has 2 unspecified atom stereocenters. The third-order valence-electron chi connectivity index (χ3n) is 7.90. The molecule has 2 atom stereocenters. The number of pyridine rings is 1. The summed E-state index contributed by atoms with van der Waals surface area (Å²) in [6.07, 6.45) is 2.74. The standard InChI is InChI=1S/C34H42ClN5O4/c1-34(2,3)44-33(42)36-27(20-23-12-13-24-9-5-6-10-25(24)19-23)21-30(41)39-16-7-11-26(22-39)31-37-28-14-15-29(35)38-32(28)40(31)17-8-18-43-4/h5-6,9-10,12-15,19,26-27H,7-8,11,16-18,20-22H2,1-4H3,(H,36,42). The number of carbonyl (C=O) groups excluding carboxylic acids is 2. The second-order valence-corrected chi connectivity index (χ2v) is 12.9. The molecule has 4 aromatic rings. The number of likely N-dealkylation sites (tertiary alicyclic amines) is 1. The monoisotopic (exact) mass is 619 g/mol. The maximum atomic E-state index is 13.8. The smallest absolute Gasteiger partial charge is 0.407 e. The van der Waals surface area contributed by atoms with Crippen LogP contribution in [0.3, 0.4) is 0 Å². The topological polar surface area (TPSA) is 98.6 Å². The molecular formula is C34H42ClN5O4. The number of methoxy groups -OCH3 is 1. The Hall–Kier alpha value is -3.69. The highest BCUT2D eigenvalue weighted by atomic mass is 35.5. The van der Waals surface area contributed by atoms with Crippen LogP contribution in [0.5, 0.6) is 0 Å². The van der Waals surface area contributed by atoms with Crippen molar-refractivity contribution in [1.29, 1.82) is 0 Å². The molecule has 2 aromatic carbocycles. The number of hydrogen-bond donors (Lipinski definition) is 1. The molecule has 1 aliphatic heterocycles. The number of rotatable bonds is 10. The van der Waals surface area contributed by atoms with Crippen LogP contribution in [0, 0.1) is 0 Å². The lowest BCUT2D eigenvalue weighted by atomic mass is 9.95. The fourth-order valence-electron chi connectivity index (χ4n) is 5.95. The minimum atomic E-state index is -0.643. The summed E-state index contributed by atoms with van der Waals surface area (Å²) >= 11 is 6.25. The van der Waals surface area contributed by atoms with E-state index in [4.69, 9.17) is 26.1 Å². The summed E-state index contributed by atoms with van der Waals surface area (Å²) in [6.45, 7) is 8.03. The maximum absolute atomic E-state index is 13.8. The summed E-state index contributed by atoms with van der Waals surface area (Å²) in [6, 6.07) is 17.6. The first-order valence-corrected chi connectivity index (χ1v) is 15.7. The quantitative estimate of drug-likeness (QED) is 0.161. The number of hydrogen-bond acceptors (Lipinski definition) is 6. The summed E-state index contributed by atoms with van der Waals surface area (Å²) in [7, 11) is 1.69. The molecule has 2 aromatic heterocycles. The van der Waals surface area contributed by atoms with Crippen molar-refractivity contribution < 1.29 is 19.1 Å². The number of aryl methyl sites for hydroxylation is 1. The molecule has 1 saturated heterocycles. The molecule has 0 radical (unpaired) electrons. The van der Waals surface area contributed by atoms with Crippen LogP contribution in [0.1, 0.15) is 63.8 Å². The lowest BCUT2D eigenvalue weighted by Crippen LogP contribution is -2.46. The van der Waals surface area contributed by atoms with Crippen LogP contribution in [0.15, 0.2) is 54.6 Å². The van der Waals surface area contributed by atoms with Crippen molar-refractivity contribution in [3.63, 3.8) is 0 Å². The van der Waals surface area contributed by atoms with E-state index in [-0.39, 0.29) is 18.2 Å². The number of fused-ring (bicyclic) bond motifs is 2. The Kier molecular flexibility index (Phi) is 10.1. The maximum Gasteiger partial charge on any atom is 0.407 e. The molecule has 3 heterocycles. The van der Waals surface area contributed by atoms with E-state index >= 15 is 0 Å². The van der Waals surface area contributed by atoms with E-state index in [0.717, 1.165) is 52.6 Å². The normalized spacial score (nSPS) is 16.3. The average molecular weight is 620 g/mol. The van der Waals surface area contributed by atoms with Crippen LogP contribution in [0.25, 0.3) is 21.9 Å². The summed E-state index contributed by atoms with van der Waals surface area (Å²) in [5, 5.41) is 5.68. The number of imidazole rings is 1. The number of amides is 2. The molecule has 44 heavy (non-hydrogen) atoms. The van der Waals surface area contributed by atoms with Gasteiger partial charge >= 0.3 is 6.09 Å². The van der Waals surface area contributed by atoms with Crippen LogP contribution in [0.4, 0.5) is 4.79 Å². The molecule has 0 bridgehead atoms. The van der Waals surface area contributed by atoms with Crippen molar-refractivity contribution in [2.24, 2.45) is 0 Å². The van der Waals surface area contributed by atoms with Crippen molar-refractivity contribution >= 4 is 45.5 Å². The first-order chi connectivity index (χ1) is 21.1. The Labute approximate surface area is 263 Å². The molecule has 0 saturated carbocycles. The zero-order chi connectivity index (χ0) is 31.3. The molecule has 0 spiro atoms. The van der Waals surface area contributed by atoms with Gasteiger partial charge in [-0.3, -0.25) is 4.79 Å². The van der Waals surface area contributed by atoms with Gasteiger partial charge in [0, 0.05) is 51.7 Å². The minimum absolute atomic E-state index is 0.000221. The van der Waals surface area contributed by atoms with E-state index in [1.165, 1.54) is 0 Å². The van der Waals surface area contributed by atoms with Crippen molar-refractivity contribution in [1.82, 2.24) is 24.8 Å². The van der Waals surface area contributed by atoms with Crippen LogP contribution in [-0.2, 0) is 27.2 Å². The minimum Gasteiger partial charge on any atom is -0.444 e. The van der Waals surface area contributed by atoms with Gasteiger partial charge in [-0.25, -0.2) is 14.8 Å². The van der Waals surface area contributed by atoms with Gasteiger partial charge in [-0.2, -0.15) is 0 Å². The van der Waals surface area contributed by atoms with E-state index in [1.54, 1.807) is 13.2 Å². The second kappa shape index (κ2) is 13.9. The Morgan fingerprint density at radius 1 is 1.09 bits per heavy atom. The van der Waals surface area contributed by atoms with E-state index in [1.807, 2.05) is 43.9 Å². The number of nitrogens with one attached hydrogen (secondary N) is 1. The van der Waals surface area contributed by atoms with Crippen molar-refractivity contribution in [2.75, 3.05) is 26.8 Å². The van der Waals surface area contributed by atoms with Crippen LogP contribution < -0.4 is 5.32 Å². The first kappa shape index (κ1) is 31.7. The molecular weight excluding hydrogens is 578 g/mol. The Balaban J connectivity index is 1.34. The van der Waals surface area contributed by atoms with Gasteiger partial charge in [0.05, 0.1) is 0 Å². The van der Waals surface area contributed by atoms with Gasteiger partial charge in [0.25, 0.3) is 0 Å². The predicted octanol–water partition coefficient (Wildman–Crippen LogP) is 6.51. The number of ether oxygens (including phenoxy) is 2. The van der Waals surface area contributed by atoms with Gasteiger partial charge < -0.3 is 24.3 Å². The third kappa shape index (κ3) is 8.07. The van der Waals surface area contributed by atoms with Crippen molar-refractivity contribution in [2.45, 2.75) is 77.0 Å². The number of piperidine rings is 1. The number of carbonyl (C=O) groups is 2. The average Bonchev–Trinajstić information content (AvgIpc) is 3.33. The Morgan fingerprint density at radius 2 is 1.89 bits per heavy atom. The lowest BCUT2D eigenvalue weighted by molar-refractivity contribution is -0.132. The highest BCUT2D eigenvalue weighted by Crippen LogP contribution is 2.30. The van der Waals surface area contributed by atoms with Crippen LogP contribution >= 0.6 is 11.6 Å². The molecule has 5 rings (SSSR count). The molecule has 10 heteroatoms. The fraction of sp³-hybridized carbons (Fsp3) is 0.471. The highest BCUT2D eigenvalue weighted by molar-refractivity contribution is 6.29. The third-order valence-corrected chi connectivity index (χ3v) is 8.11. The number of aromatic nitrogens is 3. The SMILES string of the molecule is COCCCn1c(C2CCCN(C(=O)CC(Cc3ccc4ccccc4c3)NC(=O)OC(C)(C)C)C2)nc2ccc(Cl)nc21. The van der Waals surface area contributed by atoms with Gasteiger partial charge in [0.1, 0.15) is 22.1 Å². The molecule has 1 aliphatic rings. The van der Waals surface area contributed by atoms with Crippen LogP contribution in [-0.4, -0.2) is 69.9 Å². The number of halogens is 1. The van der Waals surface area contributed by atoms with Gasteiger partial charge in [-0.1, -0.05) is 54.1 Å². The molecule has 9 nitrogen and oxygen atoms in total. The molecule has 234 valence electrons. The van der Waals surface area contributed by atoms with E-state index in [9.17, 15) is 9.59 Å². The molecule has 0 aliphatic carbocycles. The molecule has 1 N–H and O–H groups in total. The fourth-order valence-corrected chi connectivity index (χ4v) is 6.09. The zero-order valence-electron chi connectivity index (χ0n) is 26.0. The lowest BCUT2D eigenvalue weighted by Gasteiger charge is -2.34. The Bertz CT molecular complexity index is 1610. The van der Waals surface area contributed by atoms with Gasteiger partial charge in [-0.15, -0.1) is 0 Å². The second-order valence-electron chi connectivity index (χ2n) is 12.6. The summed E-state index contributed by atoms with van der Waals surface area (Å²) in [5.74, 6) is 0.976. The predicted molar refractivity (Wildman–Crippen MR) is 173 cm³/mol. The Morgan fingerprint density at radius 3 is 2.66 bits per heavy atom. The van der Waals surface area contributed by atoms with E-state index < -0.39 is 17.7 Å². The van der Waals surface area contributed by atoms with Gasteiger partial charge in [0.15, 0.2) is 5.65 Å². The van der Waals surface area contributed by atoms with Gasteiger partial charge in [-0.05, 0) is 74.9 Å². The molecule has 1 fully saturated rings. The number of alkyl carbamates (subject to hydrolysis) is 1. The van der Waals surface area contributed by atoms with E-state index in [0.29, 0.717) is 37.8 Å². The summed E-state index contributed by atoms with van der Waals surface area (Å²) < 4.78 is 13.0. The first-order valence-electron chi connectivity index (χ1n) is 15.4. The van der Waals surface area contributed by atoms with Crippen LogP contribution in [0.2, 0.25) is 5.15 Å². The van der Waals surface area contributed by atoms with Crippen molar-refractivity contribution in [3.8, 4) is 0 Å². The largest absolute Gasteiger partial charge is 0.444 e. The highest BCUT2D eigenvalue weighted by Gasteiger charge is 2.31.